The lowest BCUT2D eigenvalue weighted by Gasteiger charge is -2.09. The summed E-state index contributed by atoms with van der Waals surface area (Å²) >= 11 is 0. The number of carbonyl (C=O) groups excluding carboxylic acids is 1. The Hall–Kier alpha value is -2.62. The number of anilines is 1. The SMILES string of the molecule is CCOc1ccccc1N/C=C/C(=O)c1ccc(F)cc1. The van der Waals surface area contributed by atoms with Crippen LogP contribution in [0.4, 0.5) is 10.1 Å². The number of hydrogen-bond donors (Lipinski definition) is 1. The number of nitrogens with one attached hydrogen (secondary N) is 1. The van der Waals surface area contributed by atoms with Crippen molar-refractivity contribution in [3.63, 3.8) is 0 Å². The molecule has 0 aromatic heterocycles. The lowest BCUT2D eigenvalue weighted by molar-refractivity contribution is 0.104. The number of allylic oxidation sites excluding steroid dienone is 1. The summed E-state index contributed by atoms with van der Waals surface area (Å²) in [4.78, 5) is 11.9. The minimum absolute atomic E-state index is 0.198. The van der Waals surface area contributed by atoms with Crippen LogP contribution >= 0.6 is 0 Å². The molecule has 1 N–H and O–H groups in total. The summed E-state index contributed by atoms with van der Waals surface area (Å²) in [5, 5.41) is 3.01. The molecule has 0 spiro atoms. The van der Waals surface area contributed by atoms with Gasteiger partial charge in [0.05, 0.1) is 12.3 Å². The van der Waals surface area contributed by atoms with Crippen molar-refractivity contribution >= 4 is 11.5 Å². The first kappa shape index (κ1) is 14.8. The van der Waals surface area contributed by atoms with E-state index in [9.17, 15) is 9.18 Å². The van der Waals surface area contributed by atoms with Gasteiger partial charge in [0.2, 0.25) is 0 Å². The molecule has 0 saturated carbocycles. The summed E-state index contributed by atoms with van der Waals surface area (Å²) < 4.78 is 18.3. The van der Waals surface area contributed by atoms with Crippen LogP contribution in [0.5, 0.6) is 5.75 Å². The Morgan fingerprint density at radius 1 is 1.19 bits per heavy atom. The Kier molecular flexibility index (Phi) is 5.10. The van der Waals surface area contributed by atoms with E-state index < -0.39 is 0 Å². The molecule has 0 amide bonds. The van der Waals surface area contributed by atoms with Crippen molar-refractivity contribution in [2.75, 3.05) is 11.9 Å². The topological polar surface area (TPSA) is 38.3 Å². The van der Waals surface area contributed by atoms with Gasteiger partial charge in [-0.3, -0.25) is 4.79 Å². The molecule has 0 bridgehead atoms. The van der Waals surface area contributed by atoms with Gasteiger partial charge >= 0.3 is 0 Å². The average Bonchev–Trinajstić information content (AvgIpc) is 2.50. The molecule has 0 aliphatic carbocycles. The maximum absolute atomic E-state index is 12.8. The minimum Gasteiger partial charge on any atom is -0.492 e. The highest BCUT2D eigenvalue weighted by Crippen LogP contribution is 2.23. The van der Waals surface area contributed by atoms with E-state index in [-0.39, 0.29) is 11.6 Å². The quantitative estimate of drug-likeness (QED) is 0.643. The van der Waals surface area contributed by atoms with E-state index in [1.807, 2.05) is 31.2 Å². The summed E-state index contributed by atoms with van der Waals surface area (Å²) in [6.07, 6.45) is 2.94. The second-order valence-electron chi connectivity index (χ2n) is 4.28. The number of para-hydroxylation sites is 2. The summed E-state index contributed by atoms with van der Waals surface area (Å²) in [6.45, 7) is 2.47. The molecule has 0 fully saturated rings. The third kappa shape index (κ3) is 4.18. The van der Waals surface area contributed by atoms with Gasteiger partial charge in [0, 0.05) is 17.8 Å². The third-order valence-corrected chi connectivity index (χ3v) is 2.79. The number of rotatable bonds is 6. The normalized spacial score (nSPS) is 10.6. The average molecular weight is 285 g/mol. The first-order valence-electron chi connectivity index (χ1n) is 6.65. The molecule has 21 heavy (non-hydrogen) atoms. The second-order valence-corrected chi connectivity index (χ2v) is 4.28. The van der Waals surface area contributed by atoms with E-state index in [0.29, 0.717) is 12.2 Å². The Balaban J connectivity index is 2.02. The van der Waals surface area contributed by atoms with Gasteiger partial charge in [0.25, 0.3) is 0 Å². The Morgan fingerprint density at radius 3 is 2.62 bits per heavy atom. The second kappa shape index (κ2) is 7.24. The van der Waals surface area contributed by atoms with E-state index in [4.69, 9.17) is 4.74 Å². The van der Waals surface area contributed by atoms with Crippen molar-refractivity contribution in [1.82, 2.24) is 0 Å². The van der Waals surface area contributed by atoms with E-state index >= 15 is 0 Å². The highest BCUT2D eigenvalue weighted by Gasteiger charge is 2.02. The molecule has 4 heteroatoms. The molecule has 2 rings (SSSR count). The first-order chi connectivity index (χ1) is 10.2. The smallest absolute Gasteiger partial charge is 0.187 e. The van der Waals surface area contributed by atoms with E-state index in [1.54, 1.807) is 6.20 Å². The van der Waals surface area contributed by atoms with E-state index in [2.05, 4.69) is 5.32 Å². The maximum atomic E-state index is 12.8. The van der Waals surface area contributed by atoms with Gasteiger partial charge in [-0.1, -0.05) is 12.1 Å². The van der Waals surface area contributed by atoms with Gasteiger partial charge in [-0.05, 0) is 43.3 Å². The van der Waals surface area contributed by atoms with Crippen molar-refractivity contribution in [3.05, 3.63) is 72.2 Å². The van der Waals surface area contributed by atoms with E-state index in [1.165, 1.54) is 30.3 Å². The van der Waals surface area contributed by atoms with Gasteiger partial charge in [0.15, 0.2) is 5.78 Å². The zero-order valence-corrected chi connectivity index (χ0v) is 11.7. The summed E-state index contributed by atoms with van der Waals surface area (Å²) in [6, 6.07) is 12.9. The molecule has 108 valence electrons. The largest absolute Gasteiger partial charge is 0.492 e. The molecular formula is C17H16FNO2. The predicted molar refractivity (Wildman–Crippen MR) is 81.1 cm³/mol. The van der Waals surface area contributed by atoms with Crippen LogP contribution in [-0.4, -0.2) is 12.4 Å². The van der Waals surface area contributed by atoms with Crippen LogP contribution in [0.25, 0.3) is 0 Å². The van der Waals surface area contributed by atoms with Crippen LogP contribution in [0.3, 0.4) is 0 Å². The number of ether oxygens (including phenoxy) is 1. The number of carbonyl (C=O) groups is 1. The highest BCUT2D eigenvalue weighted by atomic mass is 19.1. The fourth-order valence-electron chi connectivity index (χ4n) is 1.78. The van der Waals surface area contributed by atoms with Crippen molar-refractivity contribution in [2.24, 2.45) is 0 Å². The molecule has 3 nitrogen and oxygen atoms in total. The number of hydrogen-bond acceptors (Lipinski definition) is 3. The van der Waals surface area contributed by atoms with Gasteiger partial charge < -0.3 is 10.1 Å². The lowest BCUT2D eigenvalue weighted by Crippen LogP contribution is -1.99. The van der Waals surface area contributed by atoms with Gasteiger partial charge in [-0.25, -0.2) is 4.39 Å². The molecule has 0 atom stereocenters. The Bertz CT molecular complexity index is 635. The van der Waals surface area contributed by atoms with Crippen LogP contribution in [0.1, 0.15) is 17.3 Å². The molecule has 0 aliphatic rings. The van der Waals surface area contributed by atoms with Crippen LogP contribution in [0.15, 0.2) is 60.8 Å². The van der Waals surface area contributed by atoms with Crippen LogP contribution < -0.4 is 10.1 Å². The summed E-state index contributed by atoms with van der Waals surface area (Å²) in [5.74, 6) is 0.162. The monoisotopic (exact) mass is 285 g/mol. The number of ketones is 1. The van der Waals surface area contributed by atoms with Crippen molar-refractivity contribution in [1.29, 1.82) is 0 Å². The van der Waals surface area contributed by atoms with Gasteiger partial charge in [-0.15, -0.1) is 0 Å². The Morgan fingerprint density at radius 2 is 1.90 bits per heavy atom. The summed E-state index contributed by atoms with van der Waals surface area (Å²) in [5.41, 5.74) is 1.22. The standard InChI is InChI=1S/C17H16FNO2/c1-2-21-17-6-4-3-5-15(17)19-12-11-16(20)13-7-9-14(18)10-8-13/h3-12,19H,2H2,1H3/b12-11+. The summed E-state index contributed by atoms with van der Waals surface area (Å²) in [7, 11) is 0. The first-order valence-corrected chi connectivity index (χ1v) is 6.65. The van der Waals surface area contributed by atoms with Crippen LogP contribution in [0.2, 0.25) is 0 Å². The lowest BCUT2D eigenvalue weighted by atomic mass is 10.1. The van der Waals surface area contributed by atoms with Crippen molar-refractivity contribution in [2.45, 2.75) is 6.92 Å². The fourth-order valence-corrected chi connectivity index (χ4v) is 1.78. The number of benzene rings is 2. The van der Waals surface area contributed by atoms with Crippen molar-refractivity contribution in [3.8, 4) is 5.75 Å². The molecule has 0 radical (unpaired) electrons. The maximum Gasteiger partial charge on any atom is 0.187 e. The minimum atomic E-state index is -0.362. The molecule has 2 aromatic carbocycles. The molecule has 0 heterocycles. The van der Waals surface area contributed by atoms with Crippen molar-refractivity contribution < 1.29 is 13.9 Å². The highest BCUT2D eigenvalue weighted by molar-refractivity contribution is 6.04. The molecule has 0 saturated heterocycles. The molecule has 0 aliphatic heterocycles. The third-order valence-electron chi connectivity index (χ3n) is 2.79. The van der Waals surface area contributed by atoms with Gasteiger partial charge in [-0.2, -0.15) is 0 Å². The molecule has 0 unspecified atom stereocenters. The zero-order chi connectivity index (χ0) is 15.1. The van der Waals surface area contributed by atoms with Crippen LogP contribution in [0, 0.1) is 5.82 Å². The number of halogens is 1. The zero-order valence-electron chi connectivity index (χ0n) is 11.7. The molecule has 2 aromatic rings. The Labute approximate surface area is 123 Å². The van der Waals surface area contributed by atoms with Gasteiger partial charge in [0.1, 0.15) is 11.6 Å². The predicted octanol–water partition coefficient (Wildman–Crippen LogP) is 4.03. The van der Waals surface area contributed by atoms with E-state index in [0.717, 1.165) is 11.4 Å². The fraction of sp³-hybridized carbons (Fsp3) is 0.118. The molecular weight excluding hydrogens is 269 g/mol. The van der Waals surface area contributed by atoms with Crippen LogP contribution in [-0.2, 0) is 0 Å².